The van der Waals surface area contributed by atoms with Crippen LogP contribution in [0, 0.1) is 0 Å². The first-order chi connectivity index (χ1) is 16.8. The molecule has 8 nitrogen and oxygen atoms in total. The monoisotopic (exact) mass is 489 g/mol. The first kappa shape index (κ1) is 24.2. The van der Waals surface area contributed by atoms with Crippen molar-refractivity contribution in [3.8, 4) is 16.2 Å². The Balaban J connectivity index is 1.76. The summed E-state index contributed by atoms with van der Waals surface area (Å²) in [6, 6.07) is 18.1. The van der Waals surface area contributed by atoms with Crippen LogP contribution in [0.15, 0.2) is 73.1 Å². The minimum absolute atomic E-state index is 0.141. The van der Waals surface area contributed by atoms with Gasteiger partial charge in [0.25, 0.3) is 0 Å². The second-order valence-electron chi connectivity index (χ2n) is 8.87. The van der Waals surface area contributed by atoms with Crippen LogP contribution in [0.4, 0.5) is 15.9 Å². The zero-order chi connectivity index (χ0) is 24.8. The average Bonchev–Trinajstić information content (AvgIpc) is 3.22. The van der Waals surface area contributed by atoms with Gasteiger partial charge < -0.3 is 20.5 Å². The number of alkyl carbamates (subject to hydrolysis) is 1. The molecule has 0 aliphatic carbocycles. The normalized spacial score (nSPS) is 12.1. The standard InChI is InChI=1S/C26H27N5O3S/c1-26(2,3)34-25(33)29-20(15-17-9-5-4-6-10-17)21-22(18-11-7-12-19(32)16-18)35-24(30-21)31-23-27-13-8-14-28-23/h4-14,16,20,32H,15H2,1-3H3,(H,29,33)(H,27,28,30,31)/t20-/m0/s1. The minimum atomic E-state index is -0.644. The Hall–Kier alpha value is -3.98. The van der Waals surface area contributed by atoms with Crippen molar-refractivity contribution in [1.29, 1.82) is 0 Å². The Bertz CT molecular complexity index is 1270. The number of hydrogen-bond donors (Lipinski definition) is 3. The number of nitrogens with one attached hydrogen (secondary N) is 2. The molecule has 1 atom stereocenters. The van der Waals surface area contributed by atoms with E-state index in [1.165, 1.54) is 11.3 Å². The third kappa shape index (κ3) is 6.77. The van der Waals surface area contributed by atoms with E-state index in [9.17, 15) is 9.90 Å². The summed E-state index contributed by atoms with van der Waals surface area (Å²) in [4.78, 5) is 26.9. The number of phenols is 1. The van der Waals surface area contributed by atoms with Crippen LogP contribution < -0.4 is 10.6 Å². The lowest BCUT2D eigenvalue weighted by molar-refractivity contribution is 0.0502. The van der Waals surface area contributed by atoms with Crippen molar-refractivity contribution in [2.45, 2.75) is 38.8 Å². The van der Waals surface area contributed by atoms with Crippen LogP contribution in [0.5, 0.6) is 5.75 Å². The Morgan fingerprint density at radius 2 is 1.80 bits per heavy atom. The molecule has 180 valence electrons. The van der Waals surface area contributed by atoms with Gasteiger partial charge in [-0.3, -0.25) is 0 Å². The molecule has 0 aliphatic rings. The fraction of sp³-hybridized carbons (Fsp3) is 0.231. The van der Waals surface area contributed by atoms with Crippen molar-refractivity contribution >= 4 is 28.5 Å². The topological polar surface area (TPSA) is 109 Å². The van der Waals surface area contributed by atoms with E-state index in [0.29, 0.717) is 23.2 Å². The van der Waals surface area contributed by atoms with Crippen LogP contribution in [0.25, 0.3) is 10.4 Å². The summed E-state index contributed by atoms with van der Waals surface area (Å²) < 4.78 is 5.54. The van der Waals surface area contributed by atoms with E-state index < -0.39 is 17.7 Å². The van der Waals surface area contributed by atoms with Gasteiger partial charge in [0.15, 0.2) is 5.13 Å². The minimum Gasteiger partial charge on any atom is -0.508 e. The smallest absolute Gasteiger partial charge is 0.408 e. The Labute approximate surface area is 208 Å². The quantitative estimate of drug-likeness (QED) is 0.298. The lowest BCUT2D eigenvalue weighted by atomic mass is 10.0. The van der Waals surface area contributed by atoms with E-state index in [1.54, 1.807) is 36.7 Å². The van der Waals surface area contributed by atoms with Gasteiger partial charge in [0, 0.05) is 12.4 Å². The third-order valence-electron chi connectivity index (χ3n) is 4.85. The number of phenolic OH excluding ortho intramolecular Hbond substituents is 1. The maximum absolute atomic E-state index is 12.8. The maximum atomic E-state index is 12.8. The van der Waals surface area contributed by atoms with Gasteiger partial charge in [0.2, 0.25) is 5.95 Å². The number of nitrogens with zero attached hydrogens (tertiary/aromatic N) is 3. The van der Waals surface area contributed by atoms with Crippen molar-refractivity contribution in [3.63, 3.8) is 0 Å². The summed E-state index contributed by atoms with van der Waals surface area (Å²) in [5.41, 5.74) is 1.82. The summed E-state index contributed by atoms with van der Waals surface area (Å²) >= 11 is 1.39. The average molecular weight is 490 g/mol. The number of hydrogen-bond acceptors (Lipinski definition) is 8. The predicted octanol–water partition coefficient (Wildman–Crippen LogP) is 5.86. The molecule has 0 radical (unpaired) electrons. The summed E-state index contributed by atoms with van der Waals surface area (Å²) in [6.07, 6.45) is 3.25. The van der Waals surface area contributed by atoms with Gasteiger partial charge in [-0.05, 0) is 56.5 Å². The van der Waals surface area contributed by atoms with E-state index in [1.807, 2.05) is 57.2 Å². The Kier molecular flexibility index (Phi) is 7.26. The van der Waals surface area contributed by atoms with Gasteiger partial charge in [-0.2, -0.15) is 0 Å². The fourth-order valence-corrected chi connectivity index (χ4v) is 4.47. The summed E-state index contributed by atoms with van der Waals surface area (Å²) in [7, 11) is 0. The van der Waals surface area contributed by atoms with Crippen molar-refractivity contribution in [3.05, 3.63) is 84.3 Å². The molecule has 9 heteroatoms. The SMILES string of the molecule is CC(C)(C)OC(=O)N[C@@H](Cc1ccccc1)c1nc(Nc2ncccn2)sc1-c1cccc(O)c1. The highest BCUT2D eigenvalue weighted by Crippen LogP contribution is 2.39. The fourth-order valence-electron chi connectivity index (χ4n) is 3.45. The second kappa shape index (κ2) is 10.5. The molecule has 35 heavy (non-hydrogen) atoms. The van der Waals surface area contributed by atoms with Gasteiger partial charge >= 0.3 is 6.09 Å². The van der Waals surface area contributed by atoms with Crippen LogP contribution in [0.1, 0.15) is 38.1 Å². The van der Waals surface area contributed by atoms with Gasteiger partial charge in [0.05, 0.1) is 16.6 Å². The molecule has 0 aliphatic heterocycles. The third-order valence-corrected chi connectivity index (χ3v) is 5.89. The predicted molar refractivity (Wildman–Crippen MR) is 137 cm³/mol. The van der Waals surface area contributed by atoms with E-state index in [0.717, 1.165) is 16.0 Å². The van der Waals surface area contributed by atoms with Crippen LogP contribution >= 0.6 is 11.3 Å². The molecule has 2 aromatic carbocycles. The zero-order valence-electron chi connectivity index (χ0n) is 19.7. The first-order valence-electron chi connectivity index (χ1n) is 11.1. The van der Waals surface area contributed by atoms with E-state index in [4.69, 9.17) is 9.72 Å². The van der Waals surface area contributed by atoms with Gasteiger partial charge in [-0.1, -0.05) is 53.8 Å². The van der Waals surface area contributed by atoms with Crippen LogP contribution in [0.3, 0.4) is 0 Å². The molecule has 0 saturated heterocycles. The molecular formula is C26H27N5O3S. The van der Waals surface area contributed by atoms with Gasteiger partial charge in [-0.15, -0.1) is 0 Å². The number of rotatable bonds is 7. The van der Waals surface area contributed by atoms with Crippen LogP contribution in [0.2, 0.25) is 0 Å². The summed E-state index contributed by atoms with van der Waals surface area (Å²) in [6.45, 7) is 5.46. The molecular weight excluding hydrogens is 462 g/mol. The summed E-state index contributed by atoms with van der Waals surface area (Å²) in [5.74, 6) is 0.553. The highest BCUT2D eigenvalue weighted by atomic mass is 32.1. The summed E-state index contributed by atoms with van der Waals surface area (Å²) in [5, 5.41) is 16.8. The van der Waals surface area contributed by atoms with Gasteiger partial charge in [0.1, 0.15) is 11.4 Å². The van der Waals surface area contributed by atoms with Crippen molar-refractivity contribution in [1.82, 2.24) is 20.3 Å². The number of carbonyl (C=O) groups excluding carboxylic acids is 1. The molecule has 0 spiro atoms. The number of aromatic hydroxyl groups is 1. The first-order valence-corrected chi connectivity index (χ1v) is 12.0. The maximum Gasteiger partial charge on any atom is 0.408 e. The molecule has 4 rings (SSSR count). The molecule has 1 amide bonds. The molecule has 2 heterocycles. The van der Waals surface area contributed by atoms with E-state index >= 15 is 0 Å². The molecule has 3 N–H and O–H groups in total. The van der Waals surface area contributed by atoms with Crippen molar-refractivity contribution in [2.75, 3.05) is 5.32 Å². The number of thiazole rings is 1. The number of carbonyl (C=O) groups is 1. The number of ether oxygens (including phenoxy) is 1. The highest BCUT2D eigenvalue weighted by Gasteiger charge is 2.27. The second-order valence-corrected chi connectivity index (χ2v) is 9.87. The number of amides is 1. The highest BCUT2D eigenvalue weighted by molar-refractivity contribution is 7.19. The molecule has 4 aromatic rings. The molecule has 0 saturated carbocycles. The van der Waals surface area contributed by atoms with Crippen LogP contribution in [-0.4, -0.2) is 31.8 Å². The number of anilines is 2. The Morgan fingerprint density at radius 3 is 2.49 bits per heavy atom. The number of aromatic nitrogens is 3. The molecule has 0 fully saturated rings. The zero-order valence-corrected chi connectivity index (χ0v) is 20.5. The molecule has 0 bridgehead atoms. The lowest BCUT2D eigenvalue weighted by Gasteiger charge is -2.23. The van der Waals surface area contributed by atoms with Gasteiger partial charge in [-0.25, -0.2) is 19.7 Å². The van der Waals surface area contributed by atoms with E-state index in [-0.39, 0.29) is 5.75 Å². The van der Waals surface area contributed by atoms with Crippen molar-refractivity contribution in [2.24, 2.45) is 0 Å². The number of benzene rings is 2. The van der Waals surface area contributed by atoms with E-state index in [2.05, 4.69) is 20.6 Å². The molecule has 0 unspecified atom stereocenters. The van der Waals surface area contributed by atoms with Crippen molar-refractivity contribution < 1.29 is 14.6 Å². The van der Waals surface area contributed by atoms with Crippen LogP contribution in [-0.2, 0) is 11.2 Å². The molecule has 2 aromatic heterocycles. The lowest BCUT2D eigenvalue weighted by Crippen LogP contribution is -2.36. The largest absolute Gasteiger partial charge is 0.508 e. The Morgan fingerprint density at radius 1 is 1.06 bits per heavy atom.